The Kier molecular flexibility index (Phi) is 6.01. The fraction of sp³-hybridized carbons (Fsp3) is 0.926. The van der Waals surface area contributed by atoms with Gasteiger partial charge in [0.2, 0.25) is 0 Å². The SMILES string of the molecule is CC(C)=CCC[C@@H](C)[C@H]1CC[C@H]2[C@@H]3[C@H](O)C[C@@H]4C[C@H](O)CC[C@]4(C)[C@H]3CC[C@]12C. The first-order chi connectivity index (χ1) is 13.7. The van der Waals surface area contributed by atoms with Crippen LogP contribution in [0.3, 0.4) is 0 Å². The molecule has 4 aliphatic carbocycles. The van der Waals surface area contributed by atoms with E-state index in [1.165, 1.54) is 50.5 Å². The minimum atomic E-state index is -0.146. The summed E-state index contributed by atoms with van der Waals surface area (Å²) in [6.07, 6.45) is 14.0. The second-order valence-corrected chi connectivity index (χ2v) is 12.3. The van der Waals surface area contributed by atoms with Crippen molar-refractivity contribution >= 4 is 0 Å². The van der Waals surface area contributed by atoms with E-state index in [2.05, 4.69) is 40.7 Å². The highest BCUT2D eigenvalue weighted by atomic mass is 16.3. The Bertz CT molecular complexity index is 622. The molecule has 0 saturated heterocycles. The maximum Gasteiger partial charge on any atom is 0.0577 e. The van der Waals surface area contributed by atoms with Crippen molar-refractivity contribution in [3.05, 3.63) is 11.6 Å². The molecule has 0 amide bonds. The molecule has 2 heteroatoms. The van der Waals surface area contributed by atoms with Crippen molar-refractivity contribution in [2.75, 3.05) is 0 Å². The van der Waals surface area contributed by atoms with Crippen molar-refractivity contribution in [3.63, 3.8) is 0 Å². The van der Waals surface area contributed by atoms with E-state index in [0.717, 1.165) is 31.1 Å². The summed E-state index contributed by atoms with van der Waals surface area (Å²) in [7, 11) is 0. The van der Waals surface area contributed by atoms with Crippen LogP contribution in [0.2, 0.25) is 0 Å². The maximum atomic E-state index is 11.3. The predicted molar refractivity (Wildman–Crippen MR) is 120 cm³/mol. The zero-order chi connectivity index (χ0) is 21.0. The van der Waals surface area contributed by atoms with Gasteiger partial charge in [0.1, 0.15) is 0 Å². The molecular weight excluding hydrogens is 356 g/mol. The van der Waals surface area contributed by atoms with Crippen LogP contribution in [0.25, 0.3) is 0 Å². The van der Waals surface area contributed by atoms with Crippen molar-refractivity contribution in [3.8, 4) is 0 Å². The molecule has 2 N–H and O–H groups in total. The molecule has 0 spiro atoms. The average molecular weight is 403 g/mol. The van der Waals surface area contributed by atoms with Crippen molar-refractivity contribution in [1.29, 1.82) is 0 Å². The van der Waals surface area contributed by atoms with Gasteiger partial charge < -0.3 is 10.2 Å². The number of hydrogen-bond donors (Lipinski definition) is 2. The van der Waals surface area contributed by atoms with E-state index in [4.69, 9.17) is 0 Å². The molecule has 0 radical (unpaired) electrons. The second-order valence-electron chi connectivity index (χ2n) is 12.3. The molecule has 0 bridgehead atoms. The molecule has 0 aliphatic heterocycles. The molecule has 0 aromatic carbocycles. The summed E-state index contributed by atoms with van der Waals surface area (Å²) in [5, 5.41) is 21.6. The lowest BCUT2D eigenvalue weighted by Gasteiger charge is -2.62. The van der Waals surface area contributed by atoms with Crippen LogP contribution >= 0.6 is 0 Å². The summed E-state index contributed by atoms with van der Waals surface area (Å²) >= 11 is 0. The molecule has 4 saturated carbocycles. The Hall–Kier alpha value is -0.340. The highest BCUT2D eigenvalue weighted by molar-refractivity contribution is 5.12. The summed E-state index contributed by atoms with van der Waals surface area (Å²) in [4.78, 5) is 0. The Morgan fingerprint density at radius 2 is 1.66 bits per heavy atom. The molecule has 29 heavy (non-hydrogen) atoms. The van der Waals surface area contributed by atoms with Crippen LogP contribution in [0.4, 0.5) is 0 Å². The molecule has 4 fully saturated rings. The minimum absolute atomic E-state index is 0.136. The number of aliphatic hydroxyl groups excluding tert-OH is 2. The van der Waals surface area contributed by atoms with Crippen molar-refractivity contribution < 1.29 is 10.2 Å². The Balaban J connectivity index is 1.53. The van der Waals surface area contributed by atoms with Gasteiger partial charge in [-0.05, 0) is 124 Å². The van der Waals surface area contributed by atoms with E-state index >= 15 is 0 Å². The summed E-state index contributed by atoms with van der Waals surface area (Å²) in [5.74, 6) is 4.00. The van der Waals surface area contributed by atoms with Crippen LogP contribution in [0.1, 0.15) is 98.8 Å². The molecular formula is C27H46O2. The third-order valence-electron chi connectivity index (χ3n) is 10.6. The minimum Gasteiger partial charge on any atom is -0.393 e. The lowest BCUT2D eigenvalue weighted by atomic mass is 9.43. The molecule has 0 aromatic rings. The Labute approximate surface area is 179 Å². The fourth-order valence-corrected chi connectivity index (χ4v) is 9.01. The first-order valence-electron chi connectivity index (χ1n) is 12.7. The molecule has 2 nitrogen and oxygen atoms in total. The van der Waals surface area contributed by atoms with Crippen LogP contribution in [0.15, 0.2) is 11.6 Å². The van der Waals surface area contributed by atoms with Gasteiger partial charge >= 0.3 is 0 Å². The van der Waals surface area contributed by atoms with Gasteiger partial charge in [-0.2, -0.15) is 0 Å². The number of allylic oxidation sites excluding steroid dienone is 2. The molecule has 10 atom stereocenters. The van der Waals surface area contributed by atoms with Gasteiger partial charge in [0.25, 0.3) is 0 Å². The number of rotatable bonds is 4. The van der Waals surface area contributed by atoms with E-state index in [9.17, 15) is 10.2 Å². The van der Waals surface area contributed by atoms with E-state index in [0.29, 0.717) is 34.5 Å². The Morgan fingerprint density at radius 1 is 0.966 bits per heavy atom. The average Bonchev–Trinajstić information content (AvgIpc) is 3.00. The quantitative estimate of drug-likeness (QED) is 0.537. The normalized spacial score (nSPS) is 50.2. The highest BCUT2D eigenvalue weighted by Crippen LogP contribution is 2.68. The predicted octanol–water partition coefficient (Wildman–Crippen LogP) is 6.36. The van der Waals surface area contributed by atoms with Crippen LogP contribution in [-0.4, -0.2) is 22.4 Å². The van der Waals surface area contributed by atoms with E-state index < -0.39 is 0 Å². The molecule has 0 unspecified atom stereocenters. The topological polar surface area (TPSA) is 40.5 Å². The van der Waals surface area contributed by atoms with Crippen LogP contribution in [0, 0.1) is 46.3 Å². The second kappa shape index (κ2) is 7.97. The lowest BCUT2D eigenvalue weighted by Crippen LogP contribution is -2.58. The maximum absolute atomic E-state index is 11.3. The van der Waals surface area contributed by atoms with Crippen LogP contribution in [-0.2, 0) is 0 Å². The van der Waals surface area contributed by atoms with Gasteiger partial charge in [0.05, 0.1) is 12.2 Å². The van der Waals surface area contributed by atoms with Gasteiger partial charge in [0, 0.05) is 0 Å². The highest BCUT2D eigenvalue weighted by Gasteiger charge is 2.62. The molecule has 4 rings (SSSR count). The summed E-state index contributed by atoms with van der Waals surface area (Å²) in [6, 6.07) is 0. The number of fused-ring (bicyclic) bond motifs is 5. The standard InChI is InChI=1S/C27H46O2/c1-17(2)7-6-8-18(3)21-9-10-22-25-23(12-14-27(21,22)5)26(4)13-11-20(28)15-19(26)16-24(25)29/h7,18-25,28-29H,6,8-16H2,1-5H3/t18-,19+,20-,21-,22+,23+,24-,25+,26+,27-/m1/s1. The zero-order valence-corrected chi connectivity index (χ0v) is 19.7. The first-order valence-corrected chi connectivity index (χ1v) is 12.7. The van der Waals surface area contributed by atoms with Crippen molar-refractivity contribution in [2.45, 2.75) is 111 Å². The largest absolute Gasteiger partial charge is 0.393 e. The summed E-state index contributed by atoms with van der Waals surface area (Å²) < 4.78 is 0. The lowest BCUT2D eigenvalue weighted by molar-refractivity contribution is -0.174. The monoisotopic (exact) mass is 402 g/mol. The number of aliphatic hydroxyl groups is 2. The number of hydrogen-bond acceptors (Lipinski definition) is 2. The van der Waals surface area contributed by atoms with Gasteiger partial charge in [-0.25, -0.2) is 0 Å². The zero-order valence-electron chi connectivity index (χ0n) is 19.7. The fourth-order valence-electron chi connectivity index (χ4n) is 9.01. The van der Waals surface area contributed by atoms with Gasteiger partial charge in [-0.15, -0.1) is 0 Å². The van der Waals surface area contributed by atoms with Crippen LogP contribution < -0.4 is 0 Å². The van der Waals surface area contributed by atoms with Crippen molar-refractivity contribution in [1.82, 2.24) is 0 Å². The van der Waals surface area contributed by atoms with E-state index in [1.54, 1.807) is 0 Å². The third kappa shape index (κ3) is 3.65. The van der Waals surface area contributed by atoms with Gasteiger partial charge in [0.15, 0.2) is 0 Å². The third-order valence-corrected chi connectivity index (χ3v) is 10.6. The van der Waals surface area contributed by atoms with Gasteiger partial charge in [-0.3, -0.25) is 0 Å². The molecule has 166 valence electrons. The van der Waals surface area contributed by atoms with Crippen molar-refractivity contribution in [2.24, 2.45) is 46.3 Å². The summed E-state index contributed by atoms with van der Waals surface area (Å²) in [6.45, 7) is 12.0. The van der Waals surface area contributed by atoms with Crippen LogP contribution in [0.5, 0.6) is 0 Å². The smallest absolute Gasteiger partial charge is 0.0577 e. The van der Waals surface area contributed by atoms with E-state index in [1.807, 2.05) is 0 Å². The molecule has 4 aliphatic rings. The van der Waals surface area contributed by atoms with Gasteiger partial charge in [-0.1, -0.05) is 32.4 Å². The summed E-state index contributed by atoms with van der Waals surface area (Å²) in [5.41, 5.74) is 2.21. The first kappa shape index (κ1) is 21.9. The Morgan fingerprint density at radius 3 is 2.38 bits per heavy atom. The van der Waals surface area contributed by atoms with E-state index in [-0.39, 0.29) is 12.2 Å². The molecule has 0 aromatic heterocycles. The molecule has 0 heterocycles.